The van der Waals surface area contributed by atoms with Gasteiger partial charge in [0.05, 0.1) is 7.11 Å². The number of benzene rings is 1. The lowest BCUT2D eigenvalue weighted by Crippen LogP contribution is -2.27. The molecule has 0 unspecified atom stereocenters. The van der Waals surface area contributed by atoms with Crippen LogP contribution in [0.15, 0.2) is 18.2 Å². The Hall–Kier alpha value is -0.730. The Kier molecular flexibility index (Phi) is 4.69. The van der Waals surface area contributed by atoms with Gasteiger partial charge in [0.25, 0.3) is 0 Å². The van der Waals surface area contributed by atoms with E-state index in [1.807, 2.05) is 12.1 Å². The Morgan fingerprint density at radius 2 is 2.12 bits per heavy atom. The minimum Gasteiger partial charge on any atom is -0.497 e. The summed E-state index contributed by atoms with van der Waals surface area (Å²) in [4.78, 5) is 0. The second kappa shape index (κ2) is 6.27. The van der Waals surface area contributed by atoms with Gasteiger partial charge in [-0.15, -0.1) is 0 Å². The second-order valence-electron chi connectivity index (χ2n) is 4.69. The van der Waals surface area contributed by atoms with Crippen LogP contribution in [0.3, 0.4) is 0 Å². The molecule has 2 rings (SSSR count). The van der Waals surface area contributed by atoms with Gasteiger partial charge in [0, 0.05) is 5.02 Å². The van der Waals surface area contributed by atoms with E-state index in [1.165, 1.54) is 37.9 Å². The quantitative estimate of drug-likeness (QED) is 0.889. The first-order valence-electron chi connectivity index (χ1n) is 6.32. The summed E-state index contributed by atoms with van der Waals surface area (Å²) in [6.45, 7) is 2.34. The first kappa shape index (κ1) is 12.7. The fraction of sp³-hybridized carbons (Fsp3) is 0.571. The van der Waals surface area contributed by atoms with Crippen LogP contribution in [-0.4, -0.2) is 20.2 Å². The Morgan fingerprint density at radius 1 is 1.35 bits per heavy atom. The summed E-state index contributed by atoms with van der Waals surface area (Å²) in [6.07, 6.45) is 4.92. The van der Waals surface area contributed by atoms with Crippen LogP contribution in [0.4, 0.5) is 0 Å². The van der Waals surface area contributed by atoms with Gasteiger partial charge in [-0.1, -0.05) is 17.7 Å². The molecule has 1 fully saturated rings. The summed E-state index contributed by atoms with van der Waals surface area (Å²) in [6, 6.07) is 5.98. The fourth-order valence-electron chi connectivity index (χ4n) is 2.39. The average Bonchev–Trinajstić information content (AvgIpc) is 2.38. The van der Waals surface area contributed by atoms with Crippen LogP contribution in [0.5, 0.6) is 5.75 Å². The van der Waals surface area contributed by atoms with Crippen molar-refractivity contribution in [3.05, 3.63) is 28.8 Å². The van der Waals surface area contributed by atoms with Gasteiger partial charge in [-0.3, -0.25) is 0 Å². The van der Waals surface area contributed by atoms with E-state index in [0.717, 1.165) is 23.1 Å². The summed E-state index contributed by atoms with van der Waals surface area (Å²) in [5, 5.41) is 4.23. The van der Waals surface area contributed by atoms with Crippen molar-refractivity contribution in [1.82, 2.24) is 5.32 Å². The highest BCUT2D eigenvalue weighted by molar-refractivity contribution is 6.31. The van der Waals surface area contributed by atoms with Gasteiger partial charge < -0.3 is 10.1 Å². The number of halogens is 1. The van der Waals surface area contributed by atoms with Crippen LogP contribution in [0.2, 0.25) is 5.02 Å². The van der Waals surface area contributed by atoms with E-state index in [-0.39, 0.29) is 0 Å². The number of methoxy groups -OCH3 is 1. The smallest absolute Gasteiger partial charge is 0.120 e. The van der Waals surface area contributed by atoms with Gasteiger partial charge in [0.2, 0.25) is 0 Å². The molecule has 1 aliphatic rings. The molecule has 1 aromatic carbocycles. The molecule has 0 radical (unpaired) electrons. The largest absolute Gasteiger partial charge is 0.497 e. The van der Waals surface area contributed by atoms with E-state index in [9.17, 15) is 0 Å². The number of nitrogens with one attached hydrogen (secondary N) is 1. The van der Waals surface area contributed by atoms with Crippen molar-refractivity contribution < 1.29 is 4.74 Å². The molecule has 2 nitrogen and oxygen atoms in total. The third-order valence-electron chi connectivity index (χ3n) is 3.54. The molecule has 0 aliphatic carbocycles. The van der Waals surface area contributed by atoms with E-state index >= 15 is 0 Å². The average molecular weight is 254 g/mol. The van der Waals surface area contributed by atoms with Gasteiger partial charge >= 0.3 is 0 Å². The maximum absolute atomic E-state index is 6.23. The number of rotatable bonds is 4. The molecule has 1 saturated heterocycles. The monoisotopic (exact) mass is 253 g/mol. The second-order valence-corrected chi connectivity index (χ2v) is 5.10. The molecular formula is C14H20ClNO. The third kappa shape index (κ3) is 3.62. The van der Waals surface area contributed by atoms with Gasteiger partial charge in [0.15, 0.2) is 0 Å². The molecule has 0 spiro atoms. The minimum absolute atomic E-state index is 0.832. The molecular weight excluding hydrogens is 234 g/mol. The highest BCUT2D eigenvalue weighted by atomic mass is 35.5. The summed E-state index contributed by atoms with van der Waals surface area (Å²) in [5.74, 6) is 1.69. The highest BCUT2D eigenvalue weighted by Crippen LogP contribution is 2.26. The Bertz CT molecular complexity index is 361. The number of hydrogen-bond acceptors (Lipinski definition) is 2. The maximum Gasteiger partial charge on any atom is 0.120 e. The molecule has 0 aromatic heterocycles. The van der Waals surface area contributed by atoms with Crippen molar-refractivity contribution in [3.63, 3.8) is 0 Å². The normalized spacial score (nSPS) is 17.1. The summed E-state index contributed by atoms with van der Waals surface area (Å²) in [7, 11) is 1.67. The summed E-state index contributed by atoms with van der Waals surface area (Å²) >= 11 is 6.23. The molecule has 1 heterocycles. The lowest BCUT2D eigenvalue weighted by atomic mass is 9.91. The highest BCUT2D eigenvalue weighted by Gasteiger charge is 2.13. The summed E-state index contributed by atoms with van der Waals surface area (Å²) in [5.41, 5.74) is 1.24. The first-order chi connectivity index (χ1) is 8.29. The number of hydrogen-bond donors (Lipinski definition) is 1. The molecule has 94 valence electrons. The number of piperidine rings is 1. The van der Waals surface area contributed by atoms with Crippen LogP contribution >= 0.6 is 11.6 Å². The van der Waals surface area contributed by atoms with Crippen LogP contribution in [0, 0.1) is 5.92 Å². The van der Waals surface area contributed by atoms with Gasteiger partial charge in [-0.05, 0) is 62.4 Å². The van der Waals surface area contributed by atoms with Crippen LogP contribution in [-0.2, 0) is 6.42 Å². The van der Waals surface area contributed by atoms with Crippen molar-refractivity contribution in [3.8, 4) is 5.75 Å². The van der Waals surface area contributed by atoms with Crippen LogP contribution in [0.1, 0.15) is 24.8 Å². The zero-order valence-corrected chi connectivity index (χ0v) is 11.1. The lowest BCUT2D eigenvalue weighted by molar-refractivity contribution is 0.354. The van der Waals surface area contributed by atoms with Gasteiger partial charge in [-0.25, -0.2) is 0 Å². The minimum atomic E-state index is 0.832. The molecule has 1 aliphatic heterocycles. The predicted octanol–water partition coefficient (Wildman–Crippen LogP) is 3.28. The molecule has 3 heteroatoms. The van der Waals surface area contributed by atoms with Crippen molar-refractivity contribution in [1.29, 1.82) is 0 Å². The van der Waals surface area contributed by atoms with E-state index in [1.54, 1.807) is 7.11 Å². The van der Waals surface area contributed by atoms with Crippen molar-refractivity contribution in [2.75, 3.05) is 20.2 Å². The fourth-order valence-corrected chi connectivity index (χ4v) is 2.65. The van der Waals surface area contributed by atoms with Crippen molar-refractivity contribution in [2.45, 2.75) is 25.7 Å². The lowest BCUT2D eigenvalue weighted by Gasteiger charge is -2.22. The Labute approximate surface area is 108 Å². The molecule has 0 saturated carbocycles. The Morgan fingerprint density at radius 3 is 2.76 bits per heavy atom. The van der Waals surface area contributed by atoms with Gasteiger partial charge in [-0.2, -0.15) is 0 Å². The first-order valence-corrected chi connectivity index (χ1v) is 6.70. The van der Waals surface area contributed by atoms with Crippen LogP contribution in [0.25, 0.3) is 0 Å². The van der Waals surface area contributed by atoms with E-state index in [4.69, 9.17) is 16.3 Å². The molecule has 0 amide bonds. The van der Waals surface area contributed by atoms with Crippen LogP contribution < -0.4 is 10.1 Å². The standard InChI is InChI=1S/C14H20ClNO/c1-17-13-5-4-12(14(15)10-13)3-2-11-6-8-16-9-7-11/h4-5,10-11,16H,2-3,6-9H2,1H3. The Balaban J connectivity index is 1.89. The zero-order valence-electron chi connectivity index (χ0n) is 10.3. The molecule has 17 heavy (non-hydrogen) atoms. The summed E-state index contributed by atoms with van der Waals surface area (Å²) < 4.78 is 5.15. The molecule has 1 N–H and O–H groups in total. The maximum atomic E-state index is 6.23. The molecule has 0 atom stereocenters. The van der Waals surface area contributed by atoms with E-state index < -0.39 is 0 Å². The number of ether oxygens (including phenoxy) is 1. The molecule has 1 aromatic rings. The third-order valence-corrected chi connectivity index (χ3v) is 3.89. The zero-order chi connectivity index (χ0) is 12.1. The van der Waals surface area contributed by atoms with Crippen molar-refractivity contribution >= 4 is 11.6 Å². The number of aryl methyl sites for hydroxylation is 1. The van der Waals surface area contributed by atoms with E-state index in [0.29, 0.717) is 0 Å². The topological polar surface area (TPSA) is 21.3 Å². The molecule has 0 bridgehead atoms. The SMILES string of the molecule is COc1ccc(CCC2CCNCC2)c(Cl)c1. The van der Waals surface area contributed by atoms with E-state index in [2.05, 4.69) is 11.4 Å². The van der Waals surface area contributed by atoms with Crippen molar-refractivity contribution in [2.24, 2.45) is 5.92 Å². The predicted molar refractivity (Wildman–Crippen MR) is 71.9 cm³/mol. The van der Waals surface area contributed by atoms with Gasteiger partial charge in [0.1, 0.15) is 5.75 Å².